The van der Waals surface area contributed by atoms with Crippen molar-refractivity contribution in [2.75, 3.05) is 13.2 Å². The number of amides is 1. The summed E-state index contributed by atoms with van der Waals surface area (Å²) >= 11 is 6.01. The zero-order chi connectivity index (χ0) is 15.9. The first-order valence-electron chi connectivity index (χ1n) is 6.95. The Balaban J connectivity index is 1.76. The van der Waals surface area contributed by atoms with Crippen molar-refractivity contribution in [1.82, 2.24) is 5.32 Å². The lowest BCUT2D eigenvalue weighted by Gasteiger charge is -2.10. The number of carbonyl (C=O) groups excluding carboxylic acids is 1. The molecule has 0 bridgehead atoms. The molecule has 0 aliphatic rings. The number of nitrogens with one attached hydrogen (secondary N) is 1. The van der Waals surface area contributed by atoms with Gasteiger partial charge in [0.1, 0.15) is 18.2 Å². The summed E-state index contributed by atoms with van der Waals surface area (Å²) < 4.78 is 18.9. The summed E-state index contributed by atoms with van der Waals surface area (Å²) in [5, 5.41) is 3.22. The summed E-state index contributed by atoms with van der Waals surface area (Å²) in [6.07, 6.45) is 0.0118. The predicted molar refractivity (Wildman–Crippen MR) is 84.8 cm³/mol. The van der Waals surface area contributed by atoms with E-state index in [4.69, 9.17) is 16.3 Å². The molecule has 0 unspecified atom stereocenters. The Morgan fingerprint density at radius 2 is 2.05 bits per heavy atom. The molecular weight excluding hydrogens is 305 g/mol. The van der Waals surface area contributed by atoms with E-state index >= 15 is 0 Å². The molecule has 0 heterocycles. The number of ether oxygens (including phenoxy) is 1. The molecule has 0 atom stereocenters. The lowest BCUT2D eigenvalue weighted by molar-refractivity contribution is -0.120. The molecule has 0 saturated carbocycles. The summed E-state index contributed by atoms with van der Waals surface area (Å²) in [7, 11) is 0. The van der Waals surface area contributed by atoms with Crippen LogP contribution in [0, 0.1) is 12.7 Å². The van der Waals surface area contributed by atoms with Crippen molar-refractivity contribution >= 4 is 17.5 Å². The highest BCUT2D eigenvalue weighted by molar-refractivity contribution is 6.32. The van der Waals surface area contributed by atoms with Gasteiger partial charge >= 0.3 is 0 Å². The highest BCUT2D eigenvalue weighted by atomic mass is 35.5. The van der Waals surface area contributed by atoms with Crippen molar-refractivity contribution in [2.24, 2.45) is 0 Å². The van der Waals surface area contributed by atoms with Crippen LogP contribution in [0.1, 0.15) is 11.1 Å². The molecule has 0 aromatic heterocycles. The van der Waals surface area contributed by atoms with Crippen LogP contribution in [0.25, 0.3) is 0 Å². The SMILES string of the molecule is Cc1ccc(Cl)c(OCCNC(=O)Cc2ccccc2F)c1. The summed E-state index contributed by atoms with van der Waals surface area (Å²) in [6, 6.07) is 11.7. The summed E-state index contributed by atoms with van der Waals surface area (Å²) in [5.74, 6) is -0.0329. The molecule has 1 N–H and O–H groups in total. The number of hydrogen-bond donors (Lipinski definition) is 1. The van der Waals surface area contributed by atoms with Crippen molar-refractivity contribution in [3.05, 3.63) is 64.4 Å². The van der Waals surface area contributed by atoms with Crippen molar-refractivity contribution in [3.8, 4) is 5.75 Å². The minimum absolute atomic E-state index is 0.0118. The Morgan fingerprint density at radius 3 is 2.82 bits per heavy atom. The molecule has 2 aromatic carbocycles. The topological polar surface area (TPSA) is 38.3 Å². The summed E-state index contributed by atoms with van der Waals surface area (Å²) in [4.78, 5) is 11.7. The first kappa shape index (κ1) is 16.3. The van der Waals surface area contributed by atoms with Crippen LogP contribution in [-0.4, -0.2) is 19.1 Å². The van der Waals surface area contributed by atoms with Crippen LogP contribution in [-0.2, 0) is 11.2 Å². The van der Waals surface area contributed by atoms with Crippen LogP contribution in [0.15, 0.2) is 42.5 Å². The number of hydrogen-bond acceptors (Lipinski definition) is 2. The van der Waals surface area contributed by atoms with E-state index in [2.05, 4.69) is 5.32 Å². The highest BCUT2D eigenvalue weighted by Crippen LogP contribution is 2.24. The smallest absolute Gasteiger partial charge is 0.224 e. The van der Waals surface area contributed by atoms with Crippen LogP contribution in [0.2, 0.25) is 5.02 Å². The second-order valence-electron chi connectivity index (χ2n) is 4.90. The third kappa shape index (κ3) is 4.74. The number of aryl methyl sites for hydroxylation is 1. The monoisotopic (exact) mass is 321 g/mol. The molecule has 3 nitrogen and oxygen atoms in total. The van der Waals surface area contributed by atoms with Gasteiger partial charge in [0.2, 0.25) is 5.91 Å². The summed E-state index contributed by atoms with van der Waals surface area (Å²) in [6.45, 7) is 2.57. The molecule has 0 fully saturated rings. The molecule has 116 valence electrons. The molecular formula is C17H17ClFNO2. The van der Waals surface area contributed by atoms with E-state index < -0.39 is 0 Å². The van der Waals surface area contributed by atoms with Gasteiger partial charge in [-0.2, -0.15) is 0 Å². The third-order valence-corrected chi connectivity index (χ3v) is 3.39. The average Bonchev–Trinajstić information content (AvgIpc) is 2.49. The quantitative estimate of drug-likeness (QED) is 0.827. The number of rotatable bonds is 6. The van der Waals surface area contributed by atoms with E-state index in [-0.39, 0.29) is 18.1 Å². The van der Waals surface area contributed by atoms with E-state index in [0.717, 1.165) is 5.56 Å². The van der Waals surface area contributed by atoms with E-state index in [0.29, 0.717) is 29.5 Å². The van der Waals surface area contributed by atoms with Gasteiger partial charge in [-0.3, -0.25) is 4.79 Å². The van der Waals surface area contributed by atoms with E-state index in [1.54, 1.807) is 24.3 Å². The Morgan fingerprint density at radius 1 is 1.27 bits per heavy atom. The maximum Gasteiger partial charge on any atom is 0.224 e. The normalized spacial score (nSPS) is 10.3. The van der Waals surface area contributed by atoms with Crippen LogP contribution in [0.3, 0.4) is 0 Å². The number of halogens is 2. The van der Waals surface area contributed by atoms with Gasteiger partial charge < -0.3 is 10.1 Å². The third-order valence-electron chi connectivity index (χ3n) is 3.08. The lowest BCUT2D eigenvalue weighted by atomic mass is 10.1. The standard InChI is InChI=1S/C17H17ClFNO2/c1-12-6-7-14(18)16(10-12)22-9-8-20-17(21)11-13-4-2-3-5-15(13)19/h2-7,10H,8-9,11H2,1H3,(H,20,21). The van der Waals surface area contributed by atoms with Gasteiger partial charge in [0.25, 0.3) is 0 Å². The molecule has 2 rings (SSSR count). The highest BCUT2D eigenvalue weighted by Gasteiger charge is 2.07. The second-order valence-corrected chi connectivity index (χ2v) is 5.31. The maximum atomic E-state index is 13.4. The van der Waals surface area contributed by atoms with Gasteiger partial charge in [-0.15, -0.1) is 0 Å². The zero-order valence-corrected chi connectivity index (χ0v) is 13.0. The van der Waals surface area contributed by atoms with Gasteiger partial charge in [-0.1, -0.05) is 35.9 Å². The molecule has 0 saturated heterocycles. The van der Waals surface area contributed by atoms with Gasteiger partial charge in [0.05, 0.1) is 18.0 Å². The van der Waals surface area contributed by atoms with Crippen LogP contribution < -0.4 is 10.1 Å². The minimum atomic E-state index is -0.375. The number of benzene rings is 2. The maximum absolute atomic E-state index is 13.4. The summed E-state index contributed by atoms with van der Waals surface area (Å²) in [5.41, 5.74) is 1.42. The Kier molecular flexibility index (Phi) is 5.78. The Labute approximate surface area is 134 Å². The molecule has 0 aliphatic carbocycles. The van der Waals surface area contributed by atoms with Gasteiger partial charge in [-0.25, -0.2) is 4.39 Å². The van der Waals surface area contributed by atoms with Gasteiger partial charge in [-0.05, 0) is 36.2 Å². The molecule has 5 heteroatoms. The fourth-order valence-corrected chi connectivity index (χ4v) is 2.12. The van der Waals surface area contributed by atoms with Crippen LogP contribution in [0.4, 0.5) is 4.39 Å². The van der Waals surface area contributed by atoms with Gasteiger partial charge in [0.15, 0.2) is 0 Å². The molecule has 1 amide bonds. The van der Waals surface area contributed by atoms with Crippen molar-refractivity contribution in [3.63, 3.8) is 0 Å². The van der Waals surface area contributed by atoms with E-state index in [1.165, 1.54) is 6.07 Å². The van der Waals surface area contributed by atoms with E-state index in [1.807, 2.05) is 19.1 Å². The average molecular weight is 322 g/mol. The lowest BCUT2D eigenvalue weighted by Crippen LogP contribution is -2.29. The zero-order valence-electron chi connectivity index (χ0n) is 12.2. The molecule has 2 aromatic rings. The first-order valence-corrected chi connectivity index (χ1v) is 7.33. The molecule has 22 heavy (non-hydrogen) atoms. The molecule has 0 aliphatic heterocycles. The van der Waals surface area contributed by atoms with E-state index in [9.17, 15) is 9.18 Å². The predicted octanol–water partition coefficient (Wildman–Crippen LogP) is 3.53. The van der Waals surface area contributed by atoms with Gasteiger partial charge in [0, 0.05) is 0 Å². The first-order chi connectivity index (χ1) is 10.6. The van der Waals surface area contributed by atoms with Crippen molar-refractivity contribution in [1.29, 1.82) is 0 Å². The fourth-order valence-electron chi connectivity index (χ4n) is 1.95. The molecule has 0 spiro atoms. The van der Waals surface area contributed by atoms with Crippen molar-refractivity contribution < 1.29 is 13.9 Å². The molecule has 0 radical (unpaired) electrons. The van der Waals surface area contributed by atoms with Crippen molar-refractivity contribution in [2.45, 2.75) is 13.3 Å². The largest absolute Gasteiger partial charge is 0.490 e. The fraction of sp³-hybridized carbons (Fsp3) is 0.235. The number of carbonyl (C=O) groups is 1. The van der Waals surface area contributed by atoms with Crippen LogP contribution >= 0.6 is 11.6 Å². The Hall–Kier alpha value is -2.07. The minimum Gasteiger partial charge on any atom is -0.490 e. The Bertz CT molecular complexity index is 661. The van der Waals surface area contributed by atoms with Crippen LogP contribution in [0.5, 0.6) is 5.75 Å². The second kappa shape index (κ2) is 7.80.